The maximum Gasteiger partial charge on any atom is 0.303 e. The number of hydrogen-bond donors (Lipinski definition) is 2. The highest BCUT2D eigenvalue weighted by Gasteiger charge is 2.12. The van der Waals surface area contributed by atoms with Crippen LogP contribution in [0.1, 0.15) is 29.5 Å². The molecule has 5 nitrogen and oxygen atoms in total. The summed E-state index contributed by atoms with van der Waals surface area (Å²) in [6.07, 6.45) is -0.225. The molecule has 0 aliphatic heterocycles. The van der Waals surface area contributed by atoms with Gasteiger partial charge in [-0.05, 0) is 34.9 Å². The zero-order valence-corrected chi connectivity index (χ0v) is 15.8. The molecule has 28 heavy (non-hydrogen) atoms. The Bertz CT molecular complexity index is 997. The molecule has 0 spiro atoms. The summed E-state index contributed by atoms with van der Waals surface area (Å²) in [6, 6.07) is 19.9. The van der Waals surface area contributed by atoms with E-state index in [0.29, 0.717) is 12.4 Å². The minimum atomic E-state index is -0.984. The number of fused-ring (bicyclic) bond motifs is 1. The third-order valence-electron chi connectivity index (χ3n) is 4.67. The monoisotopic (exact) mass is 377 g/mol. The predicted molar refractivity (Wildman–Crippen MR) is 108 cm³/mol. The van der Waals surface area contributed by atoms with Crippen molar-refractivity contribution in [1.29, 1.82) is 0 Å². The minimum absolute atomic E-state index is 0.0422. The van der Waals surface area contributed by atoms with E-state index >= 15 is 0 Å². The summed E-state index contributed by atoms with van der Waals surface area (Å²) in [5.74, 6) is -0.566. The second-order valence-corrected chi connectivity index (χ2v) is 6.65. The SMILES string of the molecule is Cc1ccccc1COc1ccc2ccccc2c1CNC(=O)CCC(=O)O. The molecule has 0 unspecified atom stereocenters. The number of rotatable bonds is 8. The molecule has 0 radical (unpaired) electrons. The van der Waals surface area contributed by atoms with Crippen LogP contribution in [0, 0.1) is 6.92 Å². The number of carboxylic acid groups (broad SMARTS) is 1. The van der Waals surface area contributed by atoms with Crippen LogP contribution >= 0.6 is 0 Å². The van der Waals surface area contributed by atoms with Crippen LogP contribution in [0.3, 0.4) is 0 Å². The Morgan fingerprint density at radius 3 is 2.50 bits per heavy atom. The maximum absolute atomic E-state index is 12.0. The van der Waals surface area contributed by atoms with E-state index in [1.807, 2.05) is 67.6 Å². The number of benzene rings is 3. The molecule has 0 fully saturated rings. The van der Waals surface area contributed by atoms with Gasteiger partial charge in [-0.15, -0.1) is 0 Å². The molecule has 0 saturated carbocycles. The van der Waals surface area contributed by atoms with Gasteiger partial charge in [-0.25, -0.2) is 0 Å². The van der Waals surface area contributed by atoms with Gasteiger partial charge in [0.2, 0.25) is 5.91 Å². The molecule has 3 aromatic rings. The van der Waals surface area contributed by atoms with E-state index in [2.05, 4.69) is 5.32 Å². The summed E-state index contributed by atoms with van der Waals surface area (Å²) in [4.78, 5) is 22.6. The number of carbonyl (C=O) groups is 2. The van der Waals surface area contributed by atoms with Crippen LogP contribution in [0.25, 0.3) is 10.8 Å². The van der Waals surface area contributed by atoms with Crippen LogP contribution in [-0.4, -0.2) is 17.0 Å². The van der Waals surface area contributed by atoms with Crippen LogP contribution in [0.5, 0.6) is 5.75 Å². The van der Waals surface area contributed by atoms with Crippen LogP contribution in [0.2, 0.25) is 0 Å². The third kappa shape index (κ3) is 4.88. The van der Waals surface area contributed by atoms with Crippen LogP contribution in [0.4, 0.5) is 0 Å². The fourth-order valence-electron chi connectivity index (χ4n) is 3.06. The lowest BCUT2D eigenvalue weighted by atomic mass is 10.0. The molecular weight excluding hydrogens is 354 g/mol. The van der Waals surface area contributed by atoms with Gasteiger partial charge in [0.15, 0.2) is 0 Å². The molecule has 0 aromatic heterocycles. The lowest BCUT2D eigenvalue weighted by Gasteiger charge is -2.16. The van der Waals surface area contributed by atoms with Crippen molar-refractivity contribution in [2.75, 3.05) is 0 Å². The van der Waals surface area contributed by atoms with E-state index in [1.165, 1.54) is 0 Å². The third-order valence-corrected chi connectivity index (χ3v) is 4.67. The van der Waals surface area contributed by atoms with E-state index in [-0.39, 0.29) is 25.3 Å². The number of nitrogens with one attached hydrogen (secondary N) is 1. The minimum Gasteiger partial charge on any atom is -0.489 e. The van der Waals surface area contributed by atoms with Crippen LogP contribution in [-0.2, 0) is 22.7 Å². The van der Waals surface area contributed by atoms with Crippen molar-refractivity contribution in [1.82, 2.24) is 5.32 Å². The first-order chi connectivity index (χ1) is 13.5. The second-order valence-electron chi connectivity index (χ2n) is 6.65. The van der Waals surface area contributed by atoms with Gasteiger partial charge in [-0.2, -0.15) is 0 Å². The quantitative estimate of drug-likeness (QED) is 0.617. The van der Waals surface area contributed by atoms with Crippen molar-refractivity contribution >= 4 is 22.6 Å². The molecule has 0 bridgehead atoms. The average molecular weight is 377 g/mol. The molecule has 144 valence electrons. The van der Waals surface area contributed by atoms with Crippen molar-refractivity contribution in [2.24, 2.45) is 0 Å². The number of hydrogen-bond acceptors (Lipinski definition) is 3. The zero-order chi connectivity index (χ0) is 19.9. The highest BCUT2D eigenvalue weighted by atomic mass is 16.5. The van der Waals surface area contributed by atoms with Crippen LogP contribution < -0.4 is 10.1 Å². The first-order valence-electron chi connectivity index (χ1n) is 9.21. The number of aryl methyl sites for hydroxylation is 1. The van der Waals surface area contributed by atoms with Gasteiger partial charge in [-0.1, -0.05) is 54.6 Å². The molecule has 0 atom stereocenters. The van der Waals surface area contributed by atoms with Crippen molar-refractivity contribution in [3.05, 3.63) is 77.4 Å². The Morgan fingerprint density at radius 2 is 1.71 bits per heavy atom. The summed E-state index contributed by atoms with van der Waals surface area (Å²) in [6.45, 7) is 2.76. The zero-order valence-electron chi connectivity index (χ0n) is 15.8. The molecule has 3 rings (SSSR count). The highest BCUT2D eigenvalue weighted by molar-refractivity contribution is 5.88. The first kappa shape index (κ1) is 19.4. The number of ether oxygens (including phenoxy) is 1. The summed E-state index contributed by atoms with van der Waals surface area (Å²) in [7, 11) is 0. The van der Waals surface area contributed by atoms with Crippen molar-refractivity contribution in [3.63, 3.8) is 0 Å². The van der Waals surface area contributed by atoms with Crippen molar-refractivity contribution < 1.29 is 19.4 Å². The van der Waals surface area contributed by atoms with Gasteiger partial charge < -0.3 is 15.2 Å². The molecule has 3 aromatic carbocycles. The Hall–Kier alpha value is -3.34. The van der Waals surface area contributed by atoms with E-state index in [0.717, 1.165) is 27.5 Å². The second kappa shape index (κ2) is 9.04. The van der Waals surface area contributed by atoms with Gasteiger partial charge >= 0.3 is 5.97 Å². The van der Waals surface area contributed by atoms with Gasteiger partial charge in [0.1, 0.15) is 12.4 Å². The summed E-state index contributed by atoms with van der Waals surface area (Å²) >= 11 is 0. The van der Waals surface area contributed by atoms with E-state index in [4.69, 9.17) is 9.84 Å². The molecule has 0 aliphatic carbocycles. The Morgan fingerprint density at radius 1 is 0.964 bits per heavy atom. The summed E-state index contributed by atoms with van der Waals surface area (Å²) in [5, 5.41) is 13.6. The summed E-state index contributed by atoms with van der Waals surface area (Å²) in [5.41, 5.74) is 3.15. The lowest BCUT2D eigenvalue weighted by molar-refractivity contribution is -0.138. The molecule has 5 heteroatoms. The lowest BCUT2D eigenvalue weighted by Crippen LogP contribution is -2.23. The fourth-order valence-corrected chi connectivity index (χ4v) is 3.06. The Balaban J connectivity index is 1.81. The molecule has 0 aliphatic rings. The largest absolute Gasteiger partial charge is 0.489 e. The average Bonchev–Trinajstić information content (AvgIpc) is 2.70. The fraction of sp³-hybridized carbons (Fsp3) is 0.217. The van der Waals surface area contributed by atoms with Gasteiger partial charge in [0.05, 0.1) is 6.42 Å². The molecule has 1 amide bonds. The predicted octanol–water partition coefficient (Wildman–Crippen LogP) is 4.21. The maximum atomic E-state index is 12.0. The topological polar surface area (TPSA) is 75.6 Å². The van der Waals surface area contributed by atoms with Gasteiger partial charge in [0, 0.05) is 18.5 Å². The summed E-state index contributed by atoms with van der Waals surface area (Å²) < 4.78 is 6.10. The molecule has 0 saturated heterocycles. The van der Waals surface area contributed by atoms with Crippen molar-refractivity contribution in [2.45, 2.75) is 32.9 Å². The number of carboxylic acids is 1. The van der Waals surface area contributed by atoms with Gasteiger partial charge in [-0.3, -0.25) is 9.59 Å². The molecule has 0 heterocycles. The van der Waals surface area contributed by atoms with E-state index in [1.54, 1.807) is 0 Å². The van der Waals surface area contributed by atoms with Crippen molar-refractivity contribution in [3.8, 4) is 5.75 Å². The Kier molecular flexibility index (Phi) is 6.27. The smallest absolute Gasteiger partial charge is 0.303 e. The van der Waals surface area contributed by atoms with E-state index < -0.39 is 5.97 Å². The standard InChI is InChI=1S/C23H23NO4/c1-16-6-2-3-8-18(16)15-28-21-11-10-17-7-4-5-9-19(17)20(21)14-24-22(25)12-13-23(26)27/h2-11H,12-15H2,1H3,(H,24,25)(H,26,27). The normalized spacial score (nSPS) is 10.6. The Labute approximate surface area is 164 Å². The number of amides is 1. The van der Waals surface area contributed by atoms with Gasteiger partial charge in [0.25, 0.3) is 0 Å². The van der Waals surface area contributed by atoms with Crippen LogP contribution in [0.15, 0.2) is 60.7 Å². The first-order valence-corrected chi connectivity index (χ1v) is 9.21. The van der Waals surface area contributed by atoms with E-state index in [9.17, 15) is 9.59 Å². The molecule has 2 N–H and O–H groups in total. The molecular formula is C23H23NO4. The highest BCUT2D eigenvalue weighted by Crippen LogP contribution is 2.29. The number of aliphatic carboxylic acids is 1. The number of carbonyl (C=O) groups excluding carboxylic acids is 1.